The van der Waals surface area contributed by atoms with Crippen molar-refractivity contribution in [1.29, 1.82) is 0 Å². The number of alkyl halides is 1. The minimum Gasteiger partial charge on any atom is -0.395 e. The van der Waals surface area contributed by atoms with Gasteiger partial charge in [0.15, 0.2) is 0 Å². The first kappa shape index (κ1) is 9.85. The van der Waals surface area contributed by atoms with Gasteiger partial charge in [-0.25, -0.2) is 4.39 Å². The Morgan fingerprint density at radius 2 is 2.10 bits per heavy atom. The molecule has 0 amide bonds. The second-order valence-corrected chi connectivity index (χ2v) is 2.84. The molecule has 3 heteroatoms. The summed E-state index contributed by atoms with van der Waals surface area (Å²) in [5, 5.41) is 11.4. The second kappa shape index (κ2) is 5.62. The predicted molar refractivity (Wildman–Crippen MR) is 39.7 cm³/mol. The number of halogens is 1. The van der Waals surface area contributed by atoms with Gasteiger partial charge in [-0.3, -0.25) is 0 Å². The van der Waals surface area contributed by atoms with E-state index in [-0.39, 0.29) is 12.6 Å². The Morgan fingerprint density at radius 3 is 2.40 bits per heavy atom. The molecule has 0 aliphatic carbocycles. The summed E-state index contributed by atoms with van der Waals surface area (Å²) in [6.07, 6.45) is 0. The Kier molecular flexibility index (Phi) is 5.54. The molecule has 1 atom stereocenters. The molecule has 0 aliphatic heterocycles. The minimum atomic E-state index is -0.497. The summed E-state index contributed by atoms with van der Waals surface area (Å²) in [4.78, 5) is 0. The molecule has 0 saturated heterocycles. The highest BCUT2D eigenvalue weighted by molar-refractivity contribution is 4.63. The van der Waals surface area contributed by atoms with E-state index in [4.69, 9.17) is 5.11 Å². The first-order valence-electron chi connectivity index (χ1n) is 3.61. The molecule has 0 spiro atoms. The van der Waals surface area contributed by atoms with Gasteiger partial charge in [0, 0.05) is 0 Å². The fourth-order valence-electron chi connectivity index (χ4n) is 0.570. The van der Waals surface area contributed by atoms with Crippen LogP contribution in [-0.4, -0.2) is 31.0 Å². The van der Waals surface area contributed by atoms with Crippen LogP contribution in [-0.2, 0) is 0 Å². The van der Waals surface area contributed by atoms with E-state index in [1.54, 1.807) is 0 Å². The molecular formula is C7H16FNO. The SMILES string of the molecule is CC(C)CNC(CO)CF. The summed E-state index contributed by atoms with van der Waals surface area (Å²) in [5.41, 5.74) is 0. The maximum atomic E-state index is 11.9. The third kappa shape index (κ3) is 4.70. The summed E-state index contributed by atoms with van der Waals surface area (Å²) < 4.78 is 11.9. The number of nitrogens with one attached hydrogen (secondary N) is 1. The molecule has 0 rings (SSSR count). The van der Waals surface area contributed by atoms with E-state index >= 15 is 0 Å². The van der Waals surface area contributed by atoms with Crippen LogP contribution < -0.4 is 5.32 Å². The lowest BCUT2D eigenvalue weighted by molar-refractivity contribution is 0.213. The van der Waals surface area contributed by atoms with Crippen LogP contribution in [0.4, 0.5) is 4.39 Å². The normalized spacial score (nSPS) is 14.1. The Morgan fingerprint density at radius 1 is 1.50 bits per heavy atom. The summed E-state index contributed by atoms with van der Waals surface area (Å²) in [6, 6.07) is -0.373. The molecule has 0 aromatic rings. The molecule has 0 fully saturated rings. The van der Waals surface area contributed by atoms with Crippen LogP contribution in [0.5, 0.6) is 0 Å². The summed E-state index contributed by atoms with van der Waals surface area (Å²) in [7, 11) is 0. The van der Waals surface area contributed by atoms with Crippen molar-refractivity contribution < 1.29 is 9.50 Å². The molecule has 10 heavy (non-hydrogen) atoms. The minimum absolute atomic E-state index is 0.122. The topological polar surface area (TPSA) is 32.3 Å². The third-order valence-electron chi connectivity index (χ3n) is 1.22. The summed E-state index contributed by atoms with van der Waals surface area (Å²) in [6.45, 7) is 4.22. The van der Waals surface area contributed by atoms with Gasteiger partial charge in [-0.05, 0) is 12.5 Å². The molecular weight excluding hydrogens is 133 g/mol. The largest absolute Gasteiger partial charge is 0.395 e. The number of hydrogen-bond donors (Lipinski definition) is 2. The van der Waals surface area contributed by atoms with Gasteiger partial charge in [-0.2, -0.15) is 0 Å². The third-order valence-corrected chi connectivity index (χ3v) is 1.22. The van der Waals surface area contributed by atoms with Gasteiger partial charge < -0.3 is 10.4 Å². The van der Waals surface area contributed by atoms with Crippen LogP contribution in [0.2, 0.25) is 0 Å². The standard InChI is InChI=1S/C7H16FNO/c1-6(2)4-9-7(3-8)5-10/h6-7,9-10H,3-5H2,1-2H3. The van der Waals surface area contributed by atoms with Gasteiger partial charge in [0.1, 0.15) is 6.67 Å². The van der Waals surface area contributed by atoms with Crippen molar-refractivity contribution in [3.05, 3.63) is 0 Å². The van der Waals surface area contributed by atoms with Crippen molar-refractivity contribution in [1.82, 2.24) is 5.32 Å². The van der Waals surface area contributed by atoms with E-state index in [0.29, 0.717) is 5.92 Å². The van der Waals surface area contributed by atoms with E-state index in [1.165, 1.54) is 0 Å². The van der Waals surface area contributed by atoms with Gasteiger partial charge in [0.2, 0.25) is 0 Å². The van der Waals surface area contributed by atoms with Crippen molar-refractivity contribution in [2.45, 2.75) is 19.9 Å². The molecule has 0 aromatic carbocycles. The van der Waals surface area contributed by atoms with E-state index in [2.05, 4.69) is 5.32 Å². The van der Waals surface area contributed by atoms with Crippen molar-refractivity contribution >= 4 is 0 Å². The van der Waals surface area contributed by atoms with Crippen molar-refractivity contribution in [3.8, 4) is 0 Å². The number of aliphatic hydroxyl groups is 1. The van der Waals surface area contributed by atoms with Crippen molar-refractivity contribution in [2.75, 3.05) is 19.8 Å². The summed E-state index contributed by atoms with van der Waals surface area (Å²) >= 11 is 0. The Labute approximate surface area is 61.4 Å². The molecule has 0 heterocycles. The van der Waals surface area contributed by atoms with Crippen LogP contribution in [0.25, 0.3) is 0 Å². The Balaban J connectivity index is 3.26. The predicted octanol–water partition coefficient (Wildman–Crippen LogP) is 0.562. The molecule has 0 radical (unpaired) electrons. The zero-order chi connectivity index (χ0) is 7.98. The smallest absolute Gasteiger partial charge is 0.107 e. The van der Waals surface area contributed by atoms with E-state index in [9.17, 15) is 4.39 Å². The molecule has 0 aromatic heterocycles. The zero-order valence-corrected chi connectivity index (χ0v) is 6.60. The average molecular weight is 149 g/mol. The monoisotopic (exact) mass is 149 g/mol. The second-order valence-electron chi connectivity index (χ2n) is 2.84. The van der Waals surface area contributed by atoms with Crippen LogP contribution >= 0.6 is 0 Å². The molecule has 0 bridgehead atoms. The van der Waals surface area contributed by atoms with Gasteiger partial charge in [-0.15, -0.1) is 0 Å². The van der Waals surface area contributed by atoms with Gasteiger partial charge >= 0.3 is 0 Å². The molecule has 0 saturated carbocycles. The zero-order valence-electron chi connectivity index (χ0n) is 6.60. The average Bonchev–Trinajstić information content (AvgIpc) is 1.90. The highest BCUT2D eigenvalue weighted by Crippen LogP contribution is 1.90. The maximum Gasteiger partial charge on any atom is 0.107 e. The van der Waals surface area contributed by atoms with Crippen LogP contribution in [0, 0.1) is 5.92 Å². The van der Waals surface area contributed by atoms with E-state index < -0.39 is 6.67 Å². The van der Waals surface area contributed by atoms with Crippen LogP contribution in [0.3, 0.4) is 0 Å². The van der Waals surface area contributed by atoms with Gasteiger partial charge in [0.25, 0.3) is 0 Å². The molecule has 62 valence electrons. The van der Waals surface area contributed by atoms with E-state index in [0.717, 1.165) is 6.54 Å². The van der Waals surface area contributed by atoms with Crippen molar-refractivity contribution in [3.63, 3.8) is 0 Å². The number of aliphatic hydroxyl groups excluding tert-OH is 1. The molecule has 1 unspecified atom stereocenters. The van der Waals surface area contributed by atoms with Crippen molar-refractivity contribution in [2.24, 2.45) is 5.92 Å². The lowest BCUT2D eigenvalue weighted by Crippen LogP contribution is -2.36. The molecule has 2 nitrogen and oxygen atoms in total. The quantitative estimate of drug-likeness (QED) is 0.598. The van der Waals surface area contributed by atoms with E-state index in [1.807, 2.05) is 13.8 Å². The van der Waals surface area contributed by atoms with Gasteiger partial charge in [0.05, 0.1) is 12.6 Å². The van der Waals surface area contributed by atoms with Gasteiger partial charge in [-0.1, -0.05) is 13.8 Å². The lowest BCUT2D eigenvalue weighted by Gasteiger charge is -2.13. The first-order valence-corrected chi connectivity index (χ1v) is 3.61. The van der Waals surface area contributed by atoms with Crippen LogP contribution in [0.15, 0.2) is 0 Å². The summed E-state index contributed by atoms with van der Waals surface area (Å²) in [5.74, 6) is 0.501. The first-order chi connectivity index (χ1) is 4.70. The fraction of sp³-hybridized carbons (Fsp3) is 1.00. The lowest BCUT2D eigenvalue weighted by atomic mass is 10.2. The highest BCUT2D eigenvalue weighted by atomic mass is 19.1. The number of hydrogen-bond acceptors (Lipinski definition) is 2. The molecule has 0 aliphatic rings. The highest BCUT2D eigenvalue weighted by Gasteiger charge is 2.05. The maximum absolute atomic E-state index is 11.9. The molecule has 2 N–H and O–H groups in total. The van der Waals surface area contributed by atoms with Crippen LogP contribution in [0.1, 0.15) is 13.8 Å². The Bertz CT molecular complexity index is 74.0. The fourth-order valence-corrected chi connectivity index (χ4v) is 0.570. The Hall–Kier alpha value is -0.150. The number of rotatable bonds is 5.